The van der Waals surface area contributed by atoms with Crippen LogP contribution in [0.3, 0.4) is 0 Å². The highest BCUT2D eigenvalue weighted by Gasteiger charge is 2.46. The molecule has 118 valence electrons. The minimum atomic E-state index is -1.07. The van der Waals surface area contributed by atoms with Crippen LogP contribution in [-0.4, -0.2) is 59.9 Å². The smallest absolute Gasteiger partial charge is 0.331 e. The molecule has 0 bridgehead atoms. The number of nitrogens with one attached hydrogen (secondary N) is 2. The molecule has 2 heterocycles. The molecule has 1 aromatic rings. The first-order valence-corrected chi connectivity index (χ1v) is 6.81. The zero-order chi connectivity index (χ0) is 16.3. The fourth-order valence-electron chi connectivity index (χ4n) is 1.73. The van der Waals surface area contributed by atoms with Gasteiger partial charge in [0.15, 0.2) is 11.8 Å². The van der Waals surface area contributed by atoms with Gasteiger partial charge in [-0.2, -0.15) is 0 Å². The fraction of sp³-hybridized carbons (Fsp3) is 0.364. The number of β-lactam (4-membered cyclic amide) rings is 1. The Labute approximate surface area is 128 Å². The standard InChI is InChI=1S/C11H12N4O6S/c1-20-10(18)7-6(9(17)14-7)13-8(16)5(15-21-2)4-3-22-11(19)12-4/h3,6-7H,1-2H3,(H,12,19)(H,13,16)(H,14,17)/t6-,7-/m1/s1. The molecule has 0 aromatic carbocycles. The molecule has 1 aromatic heterocycles. The summed E-state index contributed by atoms with van der Waals surface area (Å²) in [6.45, 7) is 0. The van der Waals surface area contributed by atoms with E-state index in [4.69, 9.17) is 0 Å². The van der Waals surface area contributed by atoms with Crippen LogP contribution in [0, 0.1) is 0 Å². The molecule has 3 N–H and O–H groups in total. The number of amides is 2. The highest BCUT2D eigenvalue weighted by atomic mass is 32.1. The van der Waals surface area contributed by atoms with Crippen LogP contribution in [0.4, 0.5) is 0 Å². The van der Waals surface area contributed by atoms with E-state index in [-0.39, 0.29) is 16.6 Å². The van der Waals surface area contributed by atoms with Crippen molar-refractivity contribution in [1.82, 2.24) is 15.6 Å². The molecule has 0 radical (unpaired) electrons. The lowest BCUT2D eigenvalue weighted by atomic mass is 9.99. The molecule has 10 nitrogen and oxygen atoms in total. The maximum Gasteiger partial charge on any atom is 0.331 e. The summed E-state index contributed by atoms with van der Waals surface area (Å²) in [5.74, 6) is -1.98. The molecule has 0 saturated carbocycles. The van der Waals surface area contributed by atoms with E-state index in [0.717, 1.165) is 11.3 Å². The summed E-state index contributed by atoms with van der Waals surface area (Å²) in [6.07, 6.45) is 0. The lowest BCUT2D eigenvalue weighted by Gasteiger charge is -2.34. The number of esters is 1. The average molecular weight is 328 g/mol. The van der Waals surface area contributed by atoms with E-state index >= 15 is 0 Å². The Kier molecular flexibility index (Phi) is 4.56. The van der Waals surface area contributed by atoms with Crippen molar-refractivity contribution in [2.75, 3.05) is 14.2 Å². The Bertz CT molecular complexity index is 642. The number of aromatic nitrogens is 1. The van der Waals surface area contributed by atoms with Gasteiger partial charge in [0.25, 0.3) is 11.1 Å². The predicted molar refractivity (Wildman–Crippen MR) is 73.2 cm³/mol. The van der Waals surface area contributed by atoms with Crippen LogP contribution in [0.25, 0.3) is 0 Å². The summed E-state index contributed by atoms with van der Waals surface area (Å²) in [5, 5.41) is 18.6. The van der Waals surface area contributed by atoms with Crippen LogP contribution in [0.15, 0.2) is 10.5 Å². The summed E-state index contributed by atoms with van der Waals surface area (Å²) in [7, 11) is 2.40. The Morgan fingerprint density at radius 2 is 2.23 bits per heavy atom. The first-order valence-electron chi connectivity index (χ1n) is 5.93. The fourth-order valence-corrected chi connectivity index (χ4v) is 2.26. The number of hydrogen-bond acceptors (Lipinski definition) is 9. The van der Waals surface area contributed by atoms with Gasteiger partial charge in [-0.25, -0.2) is 9.78 Å². The number of methoxy groups -OCH3 is 1. The summed E-state index contributed by atoms with van der Waals surface area (Å²) in [6, 6.07) is -2.04. The van der Waals surface area contributed by atoms with Gasteiger partial charge >= 0.3 is 5.97 Å². The zero-order valence-corrected chi connectivity index (χ0v) is 12.3. The third kappa shape index (κ3) is 2.98. The van der Waals surface area contributed by atoms with E-state index in [9.17, 15) is 19.5 Å². The third-order valence-electron chi connectivity index (χ3n) is 2.79. The summed E-state index contributed by atoms with van der Waals surface area (Å²) in [4.78, 5) is 43.3. The normalized spacial score (nSPS) is 20.6. The SMILES string of the molecule is CON=C(C(=O)N[C@H]1C(=O)N[C@H]1C(=O)OC)c1csc(O)n1. The Morgan fingerprint density at radius 3 is 2.73 bits per heavy atom. The van der Waals surface area contributed by atoms with Crippen molar-refractivity contribution in [3.63, 3.8) is 0 Å². The maximum absolute atomic E-state index is 12.2. The van der Waals surface area contributed by atoms with Gasteiger partial charge in [-0.1, -0.05) is 16.5 Å². The molecule has 2 amide bonds. The predicted octanol–water partition coefficient (Wildman–Crippen LogP) is -1.64. The highest BCUT2D eigenvalue weighted by Crippen LogP contribution is 2.17. The number of ether oxygens (including phenoxy) is 1. The van der Waals surface area contributed by atoms with E-state index in [1.54, 1.807) is 0 Å². The summed E-state index contributed by atoms with van der Waals surface area (Å²) < 4.78 is 4.51. The van der Waals surface area contributed by atoms with Crippen molar-refractivity contribution >= 4 is 34.8 Å². The molecule has 11 heteroatoms. The Hall–Kier alpha value is -2.69. The van der Waals surface area contributed by atoms with E-state index < -0.39 is 29.9 Å². The van der Waals surface area contributed by atoms with Crippen molar-refractivity contribution in [2.45, 2.75) is 12.1 Å². The Balaban J connectivity index is 2.14. The molecule has 2 rings (SSSR count). The van der Waals surface area contributed by atoms with Gasteiger partial charge < -0.3 is 25.3 Å². The molecule has 0 spiro atoms. The van der Waals surface area contributed by atoms with Gasteiger partial charge in [0.05, 0.1) is 7.11 Å². The number of carbonyl (C=O) groups is 3. The summed E-state index contributed by atoms with van der Waals surface area (Å²) >= 11 is 0.899. The average Bonchev–Trinajstić information content (AvgIpc) is 2.92. The molecule has 0 unspecified atom stereocenters. The largest absolute Gasteiger partial charge is 0.486 e. The number of thiazole rings is 1. The number of aromatic hydroxyl groups is 1. The second-order valence-electron chi connectivity index (χ2n) is 4.10. The molecule has 2 atom stereocenters. The van der Waals surface area contributed by atoms with E-state index in [2.05, 4.69) is 30.3 Å². The molecular formula is C11H12N4O6S. The molecular weight excluding hydrogens is 316 g/mol. The van der Waals surface area contributed by atoms with Crippen LogP contribution >= 0.6 is 11.3 Å². The molecule has 22 heavy (non-hydrogen) atoms. The first kappa shape index (κ1) is 15.7. The van der Waals surface area contributed by atoms with Gasteiger partial charge in [-0.05, 0) is 0 Å². The second-order valence-corrected chi connectivity index (χ2v) is 4.93. The van der Waals surface area contributed by atoms with E-state index in [1.165, 1.54) is 19.6 Å². The lowest BCUT2D eigenvalue weighted by molar-refractivity contribution is -0.153. The number of carbonyl (C=O) groups excluding carboxylic acids is 3. The van der Waals surface area contributed by atoms with Gasteiger partial charge in [0.2, 0.25) is 5.91 Å². The van der Waals surface area contributed by atoms with E-state index in [0.29, 0.717) is 0 Å². The zero-order valence-electron chi connectivity index (χ0n) is 11.5. The van der Waals surface area contributed by atoms with Crippen molar-refractivity contribution in [3.8, 4) is 5.19 Å². The summed E-state index contributed by atoms with van der Waals surface area (Å²) in [5.41, 5.74) is -0.154. The maximum atomic E-state index is 12.2. The minimum Gasteiger partial charge on any atom is -0.486 e. The number of nitrogens with zero attached hydrogens (tertiary/aromatic N) is 2. The van der Waals surface area contributed by atoms with Gasteiger partial charge in [0.1, 0.15) is 18.8 Å². The van der Waals surface area contributed by atoms with Crippen molar-refractivity contribution < 1.29 is 29.1 Å². The molecule has 1 aliphatic heterocycles. The van der Waals surface area contributed by atoms with Crippen LogP contribution in [-0.2, 0) is 24.0 Å². The lowest BCUT2D eigenvalue weighted by Crippen LogP contribution is -2.72. The minimum absolute atomic E-state index is 0.0798. The van der Waals surface area contributed by atoms with Crippen LogP contribution in [0.1, 0.15) is 5.69 Å². The number of oxime groups is 1. The Morgan fingerprint density at radius 1 is 1.50 bits per heavy atom. The molecule has 1 saturated heterocycles. The highest BCUT2D eigenvalue weighted by molar-refractivity contribution is 7.11. The van der Waals surface area contributed by atoms with E-state index in [1.807, 2.05) is 0 Å². The van der Waals surface area contributed by atoms with Crippen LogP contribution < -0.4 is 10.6 Å². The third-order valence-corrected chi connectivity index (χ3v) is 3.43. The molecule has 1 fully saturated rings. The molecule has 1 aliphatic rings. The van der Waals surface area contributed by atoms with Gasteiger partial charge in [-0.3, -0.25) is 9.59 Å². The van der Waals surface area contributed by atoms with Crippen molar-refractivity contribution in [3.05, 3.63) is 11.1 Å². The first-order chi connectivity index (χ1) is 10.5. The monoisotopic (exact) mass is 328 g/mol. The molecule has 0 aliphatic carbocycles. The van der Waals surface area contributed by atoms with Gasteiger partial charge in [-0.15, -0.1) is 0 Å². The van der Waals surface area contributed by atoms with Crippen LogP contribution in [0.5, 0.6) is 5.19 Å². The van der Waals surface area contributed by atoms with Crippen LogP contribution in [0.2, 0.25) is 0 Å². The van der Waals surface area contributed by atoms with Crippen molar-refractivity contribution in [1.29, 1.82) is 0 Å². The van der Waals surface area contributed by atoms with Gasteiger partial charge in [0, 0.05) is 5.38 Å². The van der Waals surface area contributed by atoms with Crippen molar-refractivity contribution in [2.24, 2.45) is 5.16 Å². The number of rotatable bonds is 5. The quantitative estimate of drug-likeness (QED) is 0.255. The second kappa shape index (κ2) is 6.39. The topological polar surface area (TPSA) is 139 Å². The number of hydrogen-bond donors (Lipinski definition) is 3.